The van der Waals surface area contributed by atoms with Gasteiger partial charge in [0.25, 0.3) is 11.8 Å². The Morgan fingerprint density at radius 2 is 1.83 bits per heavy atom. The monoisotopic (exact) mass is 396 g/mol. The first-order chi connectivity index (χ1) is 13.9. The number of carbonyl (C=O) groups excluding carboxylic acids is 2. The third-order valence-corrected chi connectivity index (χ3v) is 5.59. The highest BCUT2D eigenvalue weighted by atomic mass is 19.1. The fourth-order valence-electron chi connectivity index (χ4n) is 3.61. The zero-order valence-corrected chi connectivity index (χ0v) is 16.8. The number of morpholine rings is 1. The lowest BCUT2D eigenvalue weighted by Crippen LogP contribution is -2.40. The molecule has 0 atom stereocenters. The van der Waals surface area contributed by atoms with Crippen molar-refractivity contribution in [2.24, 2.45) is 0 Å². The first-order valence-electron chi connectivity index (χ1n) is 10.0. The quantitative estimate of drug-likeness (QED) is 0.861. The van der Waals surface area contributed by atoms with Gasteiger partial charge in [0.05, 0.1) is 13.2 Å². The molecule has 1 aliphatic heterocycles. The largest absolute Gasteiger partial charge is 0.378 e. The van der Waals surface area contributed by atoms with Gasteiger partial charge in [-0.25, -0.2) is 4.39 Å². The van der Waals surface area contributed by atoms with Crippen molar-refractivity contribution < 1.29 is 18.7 Å². The molecular weight excluding hydrogens is 371 g/mol. The van der Waals surface area contributed by atoms with Crippen molar-refractivity contribution in [2.75, 3.05) is 26.3 Å². The van der Waals surface area contributed by atoms with Gasteiger partial charge in [0, 0.05) is 30.3 Å². The van der Waals surface area contributed by atoms with Gasteiger partial charge in [-0.1, -0.05) is 12.1 Å². The van der Waals surface area contributed by atoms with E-state index in [0.29, 0.717) is 48.6 Å². The number of rotatable bonds is 4. The van der Waals surface area contributed by atoms with Gasteiger partial charge in [0.1, 0.15) is 5.82 Å². The number of carbonyl (C=O) groups is 2. The fourth-order valence-corrected chi connectivity index (χ4v) is 3.61. The van der Waals surface area contributed by atoms with E-state index in [1.165, 1.54) is 6.07 Å². The Labute approximate surface area is 169 Å². The van der Waals surface area contributed by atoms with Crippen LogP contribution in [0.15, 0.2) is 30.3 Å². The molecule has 1 heterocycles. The van der Waals surface area contributed by atoms with Crippen LogP contribution in [-0.4, -0.2) is 49.1 Å². The van der Waals surface area contributed by atoms with Gasteiger partial charge in [-0.05, 0) is 67.1 Å². The van der Waals surface area contributed by atoms with E-state index in [1.807, 2.05) is 19.1 Å². The SMILES string of the molecule is Cc1cc(-c2cc(C(=O)NC3CC3)cc(F)c2C)ccc1C(=O)N1CCOCC1. The van der Waals surface area contributed by atoms with E-state index in [-0.39, 0.29) is 17.9 Å². The smallest absolute Gasteiger partial charge is 0.254 e. The first-order valence-corrected chi connectivity index (χ1v) is 10.0. The molecule has 1 N–H and O–H groups in total. The van der Waals surface area contributed by atoms with Crippen LogP contribution in [0.1, 0.15) is 44.7 Å². The minimum atomic E-state index is -0.408. The van der Waals surface area contributed by atoms with Crippen LogP contribution < -0.4 is 5.32 Å². The van der Waals surface area contributed by atoms with Crippen molar-refractivity contribution in [1.29, 1.82) is 0 Å². The molecule has 0 aromatic heterocycles. The highest BCUT2D eigenvalue weighted by Crippen LogP contribution is 2.29. The third kappa shape index (κ3) is 4.17. The van der Waals surface area contributed by atoms with Crippen molar-refractivity contribution in [2.45, 2.75) is 32.7 Å². The van der Waals surface area contributed by atoms with Crippen LogP contribution in [0.5, 0.6) is 0 Å². The molecule has 0 radical (unpaired) electrons. The summed E-state index contributed by atoms with van der Waals surface area (Å²) in [7, 11) is 0. The van der Waals surface area contributed by atoms with Gasteiger partial charge in [0.15, 0.2) is 0 Å². The Morgan fingerprint density at radius 1 is 1.10 bits per heavy atom. The second kappa shape index (κ2) is 7.95. The van der Waals surface area contributed by atoms with Crippen molar-refractivity contribution in [3.63, 3.8) is 0 Å². The van der Waals surface area contributed by atoms with Crippen LogP contribution in [0.4, 0.5) is 4.39 Å². The molecule has 1 saturated carbocycles. The van der Waals surface area contributed by atoms with Gasteiger partial charge in [-0.3, -0.25) is 9.59 Å². The number of ether oxygens (including phenoxy) is 1. The lowest BCUT2D eigenvalue weighted by molar-refractivity contribution is 0.0302. The number of hydrogen-bond donors (Lipinski definition) is 1. The average Bonchev–Trinajstić information content (AvgIpc) is 3.54. The standard InChI is InChI=1S/C23H25FN2O3/c1-14-11-16(3-6-19(14)23(28)26-7-9-29-10-8-26)20-12-17(13-21(24)15(20)2)22(27)25-18-4-5-18/h3,6,11-13,18H,4-5,7-10H2,1-2H3,(H,25,27). The van der Waals surface area contributed by atoms with Gasteiger partial charge in [-0.15, -0.1) is 0 Å². The van der Waals surface area contributed by atoms with Gasteiger partial charge in [-0.2, -0.15) is 0 Å². The summed E-state index contributed by atoms with van der Waals surface area (Å²) in [5, 5.41) is 2.90. The summed E-state index contributed by atoms with van der Waals surface area (Å²) in [6.45, 7) is 5.86. The van der Waals surface area contributed by atoms with E-state index in [2.05, 4.69) is 5.32 Å². The average molecular weight is 396 g/mol. The summed E-state index contributed by atoms with van der Waals surface area (Å²) < 4.78 is 19.9. The molecule has 152 valence electrons. The molecule has 5 nitrogen and oxygen atoms in total. The second-order valence-corrected chi connectivity index (χ2v) is 7.81. The number of hydrogen-bond acceptors (Lipinski definition) is 3. The summed E-state index contributed by atoms with van der Waals surface area (Å²) in [5.41, 5.74) is 3.72. The third-order valence-electron chi connectivity index (χ3n) is 5.59. The van der Waals surface area contributed by atoms with Crippen LogP contribution in [-0.2, 0) is 4.74 Å². The number of nitrogens with zero attached hydrogens (tertiary/aromatic N) is 1. The van der Waals surface area contributed by atoms with E-state index >= 15 is 0 Å². The number of amides is 2. The van der Waals surface area contributed by atoms with E-state index in [0.717, 1.165) is 24.0 Å². The van der Waals surface area contributed by atoms with Gasteiger partial charge in [0.2, 0.25) is 0 Å². The number of nitrogens with one attached hydrogen (secondary N) is 1. The van der Waals surface area contributed by atoms with Crippen LogP contribution in [0, 0.1) is 19.7 Å². The van der Waals surface area contributed by atoms with Crippen molar-refractivity contribution in [3.8, 4) is 11.1 Å². The molecule has 1 aliphatic carbocycles. The van der Waals surface area contributed by atoms with Crippen molar-refractivity contribution in [3.05, 3.63) is 58.4 Å². The lowest BCUT2D eigenvalue weighted by atomic mass is 9.94. The maximum atomic E-state index is 14.5. The molecule has 0 spiro atoms. The number of halogens is 1. The Balaban J connectivity index is 1.64. The van der Waals surface area contributed by atoms with E-state index in [4.69, 9.17) is 4.74 Å². The Hall–Kier alpha value is -2.73. The minimum absolute atomic E-state index is 0.0159. The summed E-state index contributed by atoms with van der Waals surface area (Å²) >= 11 is 0. The summed E-state index contributed by atoms with van der Waals surface area (Å²) in [5.74, 6) is -0.670. The molecule has 4 rings (SSSR count). The molecule has 0 bridgehead atoms. The zero-order chi connectivity index (χ0) is 20.5. The predicted octanol–water partition coefficient (Wildman–Crippen LogP) is 3.47. The molecular formula is C23H25FN2O3. The normalized spacial score (nSPS) is 16.6. The topological polar surface area (TPSA) is 58.6 Å². The Kier molecular flexibility index (Phi) is 5.37. The minimum Gasteiger partial charge on any atom is -0.378 e. The molecule has 0 unspecified atom stereocenters. The first kappa shape index (κ1) is 19.6. The highest BCUT2D eigenvalue weighted by Gasteiger charge is 2.25. The Morgan fingerprint density at radius 3 is 2.48 bits per heavy atom. The van der Waals surface area contributed by atoms with Crippen molar-refractivity contribution >= 4 is 11.8 Å². The highest BCUT2D eigenvalue weighted by molar-refractivity contribution is 5.98. The predicted molar refractivity (Wildman–Crippen MR) is 109 cm³/mol. The molecule has 2 aliphatic rings. The van der Waals surface area contributed by atoms with E-state index < -0.39 is 5.82 Å². The molecule has 2 aromatic rings. The number of aryl methyl sites for hydroxylation is 1. The maximum Gasteiger partial charge on any atom is 0.254 e. The van der Waals surface area contributed by atoms with Gasteiger partial charge >= 0.3 is 0 Å². The fraction of sp³-hybridized carbons (Fsp3) is 0.391. The van der Waals surface area contributed by atoms with Crippen LogP contribution in [0.2, 0.25) is 0 Å². The van der Waals surface area contributed by atoms with Crippen LogP contribution in [0.25, 0.3) is 11.1 Å². The van der Waals surface area contributed by atoms with Crippen LogP contribution in [0.3, 0.4) is 0 Å². The summed E-state index contributed by atoms with van der Waals surface area (Å²) in [6, 6.07) is 8.73. The van der Waals surface area contributed by atoms with Gasteiger partial charge < -0.3 is 15.0 Å². The summed E-state index contributed by atoms with van der Waals surface area (Å²) in [4.78, 5) is 27.0. The van der Waals surface area contributed by atoms with Crippen molar-refractivity contribution in [1.82, 2.24) is 10.2 Å². The maximum absolute atomic E-state index is 14.5. The second-order valence-electron chi connectivity index (χ2n) is 7.81. The van der Waals surface area contributed by atoms with E-state index in [9.17, 15) is 14.0 Å². The summed E-state index contributed by atoms with van der Waals surface area (Å²) in [6.07, 6.45) is 1.95. The molecule has 6 heteroatoms. The molecule has 1 saturated heterocycles. The van der Waals surface area contributed by atoms with E-state index in [1.54, 1.807) is 24.0 Å². The zero-order valence-electron chi connectivity index (χ0n) is 16.8. The molecule has 2 amide bonds. The molecule has 2 fully saturated rings. The molecule has 2 aromatic carbocycles. The Bertz CT molecular complexity index is 963. The van der Waals surface area contributed by atoms with Crippen LogP contribution >= 0.6 is 0 Å². The molecule has 29 heavy (non-hydrogen) atoms. The number of benzene rings is 2. The lowest BCUT2D eigenvalue weighted by Gasteiger charge is -2.27.